The lowest BCUT2D eigenvalue weighted by molar-refractivity contribution is -0.107. The van der Waals surface area contributed by atoms with Gasteiger partial charge in [0.1, 0.15) is 6.33 Å². The van der Waals surface area contributed by atoms with Crippen LogP contribution in [0.1, 0.15) is 44.2 Å². The van der Waals surface area contributed by atoms with Crippen molar-refractivity contribution in [1.29, 1.82) is 0 Å². The van der Waals surface area contributed by atoms with E-state index in [4.69, 9.17) is 0 Å². The summed E-state index contributed by atoms with van der Waals surface area (Å²) in [5, 5.41) is 6.81. The van der Waals surface area contributed by atoms with Gasteiger partial charge in [0.2, 0.25) is 6.41 Å². The van der Waals surface area contributed by atoms with Crippen molar-refractivity contribution in [3.63, 3.8) is 0 Å². The number of benzene rings is 2. The van der Waals surface area contributed by atoms with E-state index in [1.807, 2.05) is 56.3 Å². The van der Waals surface area contributed by atoms with Crippen LogP contribution in [0.15, 0.2) is 48.8 Å². The number of rotatable bonds is 6. The molecular weight excluding hydrogens is 478 g/mol. The van der Waals surface area contributed by atoms with Crippen LogP contribution in [0, 0.1) is 0 Å². The van der Waals surface area contributed by atoms with E-state index in [1.54, 1.807) is 11.2 Å². The van der Waals surface area contributed by atoms with Crippen LogP contribution in [0.4, 0.5) is 21.9 Å². The van der Waals surface area contributed by atoms with Crippen molar-refractivity contribution in [3.8, 4) is 0 Å². The van der Waals surface area contributed by atoms with Crippen LogP contribution in [0.3, 0.4) is 0 Å². The Morgan fingerprint density at radius 3 is 2.34 bits per heavy atom. The highest BCUT2D eigenvalue weighted by Gasteiger charge is 2.26. The predicted molar refractivity (Wildman–Crippen MR) is 154 cm³/mol. The van der Waals surface area contributed by atoms with Crippen LogP contribution < -0.4 is 20.4 Å². The second-order valence-corrected chi connectivity index (χ2v) is 9.78. The minimum Gasteiger partial charge on any atom is -0.372 e. The number of hydrogen-bond acceptors (Lipinski definition) is 6. The van der Waals surface area contributed by atoms with Gasteiger partial charge in [0.25, 0.3) is 0 Å². The van der Waals surface area contributed by atoms with Crippen LogP contribution in [-0.2, 0) is 4.79 Å². The molecule has 0 atom stereocenters. The van der Waals surface area contributed by atoms with Crippen LogP contribution >= 0.6 is 0 Å². The number of piperidine rings is 1. The molecule has 0 spiro atoms. The maximum Gasteiger partial charge on any atom is 0.321 e. The number of carbonyl (C=O) groups excluding carboxylic acids is 2. The zero-order valence-electron chi connectivity index (χ0n) is 22.7. The molecule has 1 aromatic heterocycles. The Morgan fingerprint density at radius 2 is 1.71 bits per heavy atom. The van der Waals surface area contributed by atoms with Crippen LogP contribution in [0.5, 0.6) is 0 Å². The molecule has 2 saturated heterocycles. The van der Waals surface area contributed by atoms with Crippen molar-refractivity contribution in [2.24, 2.45) is 0 Å². The van der Waals surface area contributed by atoms with Gasteiger partial charge in [-0.25, -0.2) is 14.8 Å². The molecule has 2 aliphatic rings. The van der Waals surface area contributed by atoms with Crippen LogP contribution in [0.2, 0.25) is 0 Å². The molecule has 0 saturated carbocycles. The number of likely N-dealkylation sites (tertiary alicyclic amines) is 1. The molecule has 0 bridgehead atoms. The second-order valence-electron chi connectivity index (χ2n) is 9.78. The Labute approximate surface area is 225 Å². The van der Waals surface area contributed by atoms with Gasteiger partial charge in [-0.1, -0.05) is 0 Å². The number of carbonyl (C=O) groups is 2. The molecule has 2 N–H and O–H groups in total. The van der Waals surface area contributed by atoms with Gasteiger partial charge in [-0.3, -0.25) is 4.79 Å². The Hall–Kier alpha value is -3.72. The maximum atomic E-state index is 12.9. The number of nitrogens with one attached hydrogen (secondary N) is 2. The predicted octanol–water partition coefficient (Wildman–Crippen LogP) is 4.46. The third-order valence-corrected chi connectivity index (χ3v) is 7.21. The van der Waals surface area contributed by atoms with Crippen molar-refractivity contribution in [1.82, 2.24) is 20.2 Å². The van der Waals surface area contributed by atoms with Gasteiger partial charge < -0.3 is 25.3 Å². The van der Waals surface area contributed by atoms with Gasteiger partial charge in [0.15, 0.2) is 0 Å². The first-order chi connectivity index (χ1) is 18.6. The van der Waals surface area contributed by atoms with Gasteiger partial charge in [-0.05, 0) is 89.2 Å². The van der Waals surface area contributed by atoms with E-state index in [-0.39, 0.29) is 11.9 Å². The molecular formula is C29H39N7O2. The van der Waals surface area contributed by atoms with Gasteiger partial charge in [0.05, 0.1) is 11.2 Å². The lowest BCUT2D eigenvalue weighted by Crippen LogP contribution is -2.40. The van der Waals surface area contributed by atoms with Crippen molar-refractivity contribution >= 4 is 40.4 Å². The van der Waals surface area contributed by atoms with E-state index in [2.05, 4.69) is 37.6 Å². The standard InChI is InChI=1S/C27H32N6O2.C2H7N/c1-2-31(19-34)23-9-10-24-25(17-23)28-18-29-26(24)20-11-15-33(16-12-20)27(35)30-21-5-7-22(8-6-21)32-13-3-4-14-32;1-3-2/h5-10,17-20H,2-4,11-16H2,1H3,(H,30,35);3H,1-2H3. The van der Waals surface area contributed by atoms with Crippen LogP contribution in [-0.4, -0.2) is 74.1 Å². The maximum absolute atomic E-state index is 12.9. The Morgan fingerprint density at radius 1 is 1.03 bits per heavy atom. The zero-order valence-corrected chi connectivity index (χ0v) is 22.7. The second kappa shape index (κ2) is 13.2. The normalized spacial score (nSPS) is 15.7. The molecule has 3 amide bonds. The smallest absolute Gasteiger partial charge is 0.321 e. The zero-order chi connectivity index (χ0) is 26.9. The summed E-state index contributed by atoms with van der Waals surface area (Å²) in [6, 6.07) is 14.0. The highest BCUT2D eigenvalue weighted by Crippen LogP contribution is 2.32. The van der Waals surface area contributed by atoms with E-state index >= 15 is 0 Å². The first-order valence-corrected chi connectivity index (χ1v) is 13.5. The molecule has 38 heavy (non-hydrogen) atoms. The fourth-order valence-electron chi connectivity index (χ4n) is 5.18. The summed E-state index contributed by atoms with van der Waals surface area (Å²) in [7, 11) is 3.75. The first-order valence-electron chi connectivity index (χ1n) is 13.5. The van der Waals surface area contributed by atoms with Gasteiger partial charge in [-0.2, -0.15) is 0 Å². The Balaban J connectivity index is 0.00000107. The van der Waals surface area contributed by atoms with E-state index in [1.165, 1.54) is 18.5 Å². The summed E-state index contributed by atoms with van der Waals surface area (Å²) in [4.78, 5) is 39.1. The summed E-state index contributed by atoms with van der Waals surface area (Å²) in [6.45, 7) is 6.13. The monoisotopic (exact) mass is 517 g/mol. The number of fused-ring (bicyclic) bond motifs is 1. The van der Waals surface area contributed by atoms with E-state index < -0.39 is 0 Å². The van der Waals surface area contributed by atoms with E-state index in [0.717, 1.165) is 60.3 Å². The summed E-state index contributed by atoms with van der Waals surface area (Å²) in [6.07, 6.45) is 6.64. The third-order valence-electron chi connectivity index (χ3n) is 7.21. The SMILES string of the molecule is CCN(C=O)c1ccc2c(C3CCN(C(=O)Nc4ccc(N5CCCC5)cc4)CC3)ncnc2c1.CNC. The molecule has 2 aromatic carbocycles. The van der Waals surface area contributed by atoms with E-state index in [9.17, 15) is 9.59 Å². The topological polar surface area (TPSA) is 93.7 Å². The molecule has 2 fully saturated rings. The molecule has 9 nitrogen and oxygen atoms in total. The number of amides is 3. The molecule has 3 aromatic rings. The molecule has 202 valence electrons. The molecule has 3 heterocycles. The van der Waals surface area contributed by atoms with Crippen molar-refractivity contribution in [3.05, 3.63) is 54.5 Å². The summed E-state index contributed by atoms with van der Waals surface area (Å²) < 4.78 is 0. The largest absolute Gasteiger partial charge is 0.372 e. The number of anilines is 3. The quantitative estimate of drug-likeness (QED) is 0.469. The number of aromatic nitrogens is 2. The Kier molecular flexibility index (Phi) is 9.48. The van der Waals surface area contributed by atoms with E-state index in [0.29, 0.717) is 19.6 Å². The van der Waals surface area contributed by atoms with Gasteiger partial charge in [-0.15, -0.1) is 0 Å². The van der Waals surface area contributed by atoms with Crippen molar-refractivity contribution in [2.75, 3.05) is 61.9 Å². The summed E-state index contributed by atoms with van der Waals surface area (Å²) in [5.74, 6) is 0.267. The summed E-state index contributed by atoms with van der Waals surface area (Å²) >= 11 is 0. The number of nitrogens with zero attached hydrogens (tertiary/aromatic N) is 5. The van der Waals surface area contributed by atoms with Crippen LogP contribution in [0.25, 0.3) is 10.9 Å². The first kappa shape index (κ1) is 27.3. The minimum absolute atomic E-state index is 0.0527. The fraction of sp³-hybridized carbons (Fsp3) is 0.448. The number of hydrogen-bond donors (Lipinski definition) is 2. The molecule has 0 radical (unpaired) electrons. The molecule has 0 aliphatic carbocycles. The number of urea groups is 1. The highest BCUT2D eigenvalue weighted by atomic mass is 16.2. The third kappa shape index (κ3) is 6.39. The summed E-state index contributed by atoms with van der Waals surface area (Å²) in [5.41, 5.74) is 4.74. The average Bonchev–Trinajstić information content (AvgIpc) is 3.49. The molecule has 0 unspecified atom stereocenters. The lowest BCUT2D eigenvalue weighted by atomic mass is 9.91. The molecule has 5 rings (SSSR count). The van der Waals surface area contributed by atoms with Gasteiger partial charge in [0, 0.05) is 61.1 Å². The van der Waals surface area contributed by atoms with Crippen molar-refractivity contribution in [2.45, 2.75) is 38.5 Å². The lowest BCUT2D eigenvalue weighted by Gasteiger charge is -2.32. The fourth-order valence-corrected chi connectivity index (χ4v) is 5.18. The average molecular weight is 518 g/mol. The highest BCUT2D eigenvalue weighted by molar-refractivity contribution is 5.90. The Bertz CT molecular complexity index is 1200. The molecule has 9 heteroatoms. The molecule has 2 aliphatic heterocycles. The van der Waals surface area contributed by atoms with Gasteiger partial charge >= 0.3 is 6.03 Å². The van der Waals surface area contributed by atoms with Crippen molar-refractivity contribution < 1.29 is 9.59 Å². The minimum atomic E-state index is -0.0527.